The van der Waals surface area contributed by atoms with Gasteiger partial charge in [0.05, 0.1) is 20.0 Å². The Labute approximate surface area is 146 Å². The second kappa shape index (κ2) is 7.18. The Morgan fingerprint density at radius 2 is 1.88 bits per heavy atom. The third-order valence-corrected chi connectivity index (χ3v) is 5.38. The Morgan fingerprint density at radius 3 is 2.50 bits per heavy atom. The van der Waals surface area contributed by atoms with Gasteiger partial charge in [-0.05, 0) is 30.2 Å². The number of benzene rings is 2. The van der Waals surface area contributed by atoms with Gasteiger partial charge in [0.25, 0.3) is 0 Å². The van der Waals surface area contributed by atoms with Gasteiger partial charge < -0.3 is 9.47 Å². The number of aryl methyl sites for hydroxylation is 1. The van der Waals surface area contributed by atoms with Crippen LogP contribution >= 0.6 is 11.8 Å². The Kier molecular flexibility index (Phi) is 5.00. The van der Waals surface area contributed by atoms with Crippen molar-refractivity contribution in [3.8, 4) is 11.5 Å². The first-order valence-corrected chi connectivity index (χ1v) is 8.98. The number of amides is 1. The van der Waals surface area contributed by atoms with E-state index >= 15 is 0 Å². The van der Waals surface area contributed by atoms with Crippen LogP contribution in [0.1, 0.15) is 23.4 Å². The summed E-state index contributed by atoms with van der Waals surface area (Å²) in [6.07, 6.45) is 0.982. The standard InChI is InChI=1S/C19H21NO3S/c1-4-13-8-10-14(11-9-13)20-17(21)12-24-19(20)15-6-5-7-16(22-2)18(15)23-3/h5-11,19H,4,12H2,1-3H3/t19-/m1/s1. The zero-order chi connectivity index (χ0) is 17.1. The fourth-order valence-corrected chi connectivity index (χ4v) is 4.13. The van der Waals surface area contributed by atoms with Gasteiger partial charge in [-0.2, -0.15) is 0 Å². The lowest BCUT2D eigenvalue weighted by atomic mass is 10.1. The van der Waals surface area contributed by atoms with Crippen molar-refractivity contribution in [2.45, 2.75) is 18.7 Å². The lowest BCUT2D eigenvalue weighted by Gasteiger charge is -2.26. The fourth-order valence-electron chi connectivity index (χ4n) is 2.93. The number of methoxy groups -OCH3 is 2. The first-order valence-electron chi connectivity index (χ1n) is 7.93. The van der Waals surface area contributed by atoms with Gasteiger partial charge in [0.1, 0.15) is 5.37 Å². The summed E-state index contributed by atoms with van der Waals surface area (Å²) in [5.41, 5.74) is 3.12. The summed E-state index contributed by atoms with van der Waals surface area (Å²) in [7, 11) is 3.25. The maximum Gasteiger partial charge on any atom is 0.238 e. The molecule has 1 heterocycles. The van der Waals surface area contributed by atoms with Crippen LogP contribution in [0.25, 0.3) is 0 Å². The van der Waals surface area contributed by atoms with Crippen molar-refractivity contribution in [3.63, 3.8) is 0 Å². The van der Waals surface area contributed by atoms with Crippen LogP contribution in [0, 0.1) is 0 Å². The molecule has 1 atom stereocenters. The zero-order valence-electron chi connectivity index (χ0n) is 14.1. The van der Waals surface area contributed by atoms with Crippen molar-refractivity contribution in [3.05, 3.63) is 53.6 Å². The van der Waals surface area contributed by atoms with E-state index in [9.17, 15) is 4.79 Å². The van der Waals surface area contributed by atoms with Crippen molar-refractivity contribution < 1.29 is 14.3 Å². The van der Waals surface area contributed by atoms with E-state index in [-0.39, 0.29) is 11.3 Å². The Morgan fingerprint density at radius 1 is 1.12 bits per heavy atom. The fraction of sp³-hybridized carbons (Fsp3) is 0.316. The SMILES string of the molecule is CCc1ccc(N2C(=O)CS[C@@H]2c2cccc(OC)c2OC)cc1. The number of anilines is 1. The lowest BCUT2D eigenvalue weighted by Crippen LogP contribution is -2.28. The summed E-state index contributed by atoms with van der Waals surface area (Å²) in [6, 6.07) is 14.0. The molecule has 2 aromatic carbocycles. The van der Waals surface area contributed by atoms with Crippen molar-refractivity contribution in [1.82, 2.24) is 0 Å². The van der Waals surface area contributed by atoms with E-state index in [2.05, 4.69) is 19.1 Å². The van der Waals surface area contributed by atoms with Crippen LogP contribution < -0.4 is 14.4 Å². The monoisotopic (exact) mass is 343 g/mol. The van der Waals surface area contributed by atoms with Crippen molar-refractivity contribution in [2.24, 2.45) is 0 Å². The van der Waals surface area contributed by atoms with Gasteiger partial charge >= 0.3 is 0 Å². The van der Waals surface area contributed by atoms with E-state index < -0.39 is 0 Å². The minimum absolute atomic E-state index is 0.110. The number of hydrogen-bond donors (Lipinski definition) is 0. The minimum atomic E-state index is -0.116. The molecule has 0 aliphatic carbocycles. The van der Waals surface area contributed by atoms with Crippen molar-refractivity contribution in [2.75, 3.05) is 24.9 Å². The molecule has 1 aliphatic rings. The first kappa shape index (κ1) is 16.7. The van der Waals surface area contributed by atoms with Gasteiger partial charge in [0.15, 0.2) is 11.5 Å². The van der Waals surface area contributed by atoms with Gasteiger partial charge in [-0.15, -0.1) is 11.8 Å². The normalized spacial score (nSPS) is 17.2. The minimum Gasteiger partial charge on any atom is -0.493 e. The number of nitrogens with zero attached hydrogens (tertiary/aromatic N) is 1. The third kappa shape index (κ3) is 2.96. The van der Waals surface area contributed by atoms with Crippen LogP contribution in [-0.2, 0) is 11.2 Å². The molecule has 0 bridgehead atoms. The summed E-state index contributed by atoms with van der Waals surface area (Å²) in [5, 5.41) is -0.116. The molecule has 1 amide bonds. The average molecular weight is 343 g/mol. The molecular weight excluding hydrogens is 322 g/mol. The second-order valence-corrected chi connectivity index (χ2v) is 6.60. The smallest absolute Gasteiger partial charge is 0.238 e. The topological polar surface area (TPSA) is 38.8 Å². The molecule has 0 aromatic heterocycles. The number of rotatable bonds is 5. The maximum atomic E-state index is 12.5. The van der Waals surface area contributed by atoms with E-state index in [1.807, 2.05) is 35.2 Å². The predicted molar refractivity (Wildman–Crippen MR) is 98.1 cm³/mol. The van der Waals surface area contributed by atoms with Crippen LogP contribution in [0.15, 0.2) is 42.5 Å². The highest BCUT2D eigenvalue weighted by molar-refractivity contribution is 8.00. The molecule has 0 unspecified atom stereocenters. The highest BCUT2D eigenvalue weighted by Crippen LogP contribution is 2.47. The highest BCUT2D eigenvalue weighted by Gasteiger charge is 2.36. The summed E-state index contributed by atoms with van der Waals surface area (Å²) in [4.78, 5) is 14.3. The molecule has 0 radical (unpaired) electrons. The third-order valence-electron chi connectivity index (χ3n) is 4.19. The van der Waals surface area contributed by atoms with Crippen LogP contribution in [0.3, 0.4) is 0 Å². The molecular formula is C19H21NO3S. The molecule has 5 heteroatoms. The molecule has 24 heavy (non-hydrogen) atoms. The van der Waals surface area contributed by atoms with Crippen molar-refractivity contribution >= 4 is 23.4 Å². The number of thioether (sulfide) groups is 1. The molecule has 1 aliphatic heterocycles. The van der Waals surface area contributed by atoms with Crippen LogP contribution in [0.4, 0.5) is 5.69 Å². The van der Waals surface area contributed by atoms with Gasteiger partial charge in [0.2, 0.25) is 5.91 Å². The Hall–Kier alpha value is -2.14. The molecule has 0 spiro atoms. The van der Waals surface area contributed by atoms with Gasteiger partial charge in [-0.1, -0.05) is 31.2 Å². The van der Waals surface area contributed by atoms with E-state index in [1.165, 1.54) is 5.56 Å². The number of para-hydroxylation sites is 1. The highest BCUT2D eigenvalue weighted by atomic mass is 32.2. The number of hydrogen-bond acceptors (Lipinski definition) is 4. The van der Waals surface area contributed by atoms with Crippen LogP contribution in [0.2, 0.25) is 0 Å². The molecule has 3 rings (SSSR count). The quantitative estimate of drug-likeness (QED) is 0.821. The van der Waals surface area contributed by atoms with Gasteiger partial charge in [0, 0.05) is 11.3 Å². The lowest BCUT2D eigenvalue weighted by molar-refractivity contribution is -0.115. The molecule has 0 saturated carbocycles. The van der Waals surface area contributed by atoms with Gasteiger partial charge in [-0.25, -0.2) is 0 Å². The largest absolute Gasteiger partial charge is 0.493 e. The van der Waals surface area contributed by atoms with E-state index in [0.29, 0.717) is 17.3 Å². The Bertz CT molecular complexity index is 730. The molecule has 4 nitrogen and oxygen atoms in total. The van der Waals surface area contributed by atoms with Crippen LogP contribution in [0.5, 0.6) is 11.5 Å². The second-order valence-electron chi connectivity index (χ2n) is 5.53. The molecule has 2 aromatic rings. The average Bonchev–Trinajstić information content (AvgIpc) is 3.02. The molecule has 1 fully saturated rings. The Balaban J connectivity index is 2.02. The molecule has 1 saturated heterocycles. The first-order chi connectivity index (χ1) is 11.7. The molecule has 0 N–H and O–H groups in total. The zero-order valence-corrected chi connectivity index (χ0v) is 14.9. The van der Waals surface area contributed by atoms with E-state index in [4.69, 9.17) is 9.47 Å². The number of carbonyl (C=O) groups excluding carboxylic acids is 1. The number of carbonyl (C=O) groups is 1. The molecule has 126 valence electrons. The van der Waals surface area contributed by atoms with E-state index in [1.54, 1.807) is 26.0 Å². The maximum absolute atomic E-state index is 12.5. The summed E-state index contributed by atoms with van der Waals surface area (Å²) in [5.74, 6) is 1.93. The van der Waals surface area contributed by atoms with Gasteiger partial charge in [-0.3, -0.25) is 9.69 Å². The van der Waals surface area contributed by atoms with Crippen molar-refractivity contribution in [1.29, 1.82) is 0 Å². The predicted octanol–water partition coefficient (Wildman–Crippen LogP) is 4.04. The summed E-state index contributed by atoms with van der Waals surface area (Å²) in [6.45, 7) is 2.12. The van der Waals surface area contributed by atoms with E-state index in [0.717, 1.165) is 17.7 Å². The number of ether oxygens (including phenoxy) is 2. The van der Waals surface area contributed by atoms with Crippen LogP contribution in [-0.4, -0.2) is 25.9 Å². The summed E-state index contributed by atoms with van der Waals surface area (Å²) >= 11 is 1.61. The summed E-state index contributed by atoms with van der Waals surface area (Å²) < 4.78 is 11.0.